The molecule has 3 aliphatic heterocycles. The molecule has 0 aromatic heterocycles. The Hall–Kier alpha value is -0.120. The van der Waals surface area contributed by atoms with Crippen molar-refractivity contribution in [1.29, 1.82) is 0 Å². The minimum absolute atomic E-state index is 0.837. The summed E-state index contributed by atoms with van der Waals surface area (Å²) in [6.45, 7) is 11.7. The van der Waals surface area contributed by atoms with Crippen LogP contribution in [0.15, 0.2) is 0 Å². The van der Waals surface area contributed by atoms with Gasteiger partial charge in [-0.1, -0.05) is 6.92 Å². The molecular formula is C16H31N3. The lowest BCUT2D eigenvalue weighted by Gasteiger charge is -2.43. The first-order valence-electron chi connectivity index (χ1n) is 8.50. The summed E-state index contributed by atoms with van der Waals surface area (Å²) in [7, 11) is 0. The van der Waals surface area contributed by atoms with Crippen LogP contribution in [0.25, 0.3) is 0 Å². The maximum absolute atomic E-state index is 3.53. The molecule has 3 rings (SSSR count). The van der Waals surface area contributed by atoms with Crippen molar-refractivity contribution in [1.82, 2.24) is 15.1 Å². The number of rotatable bonds is 3. The number of piperidine rings is 2. The summed E-state index contributed by atoms with van der Waals surface area (Å²) in [6.07, 6.45) is 7.11. The van der Waals surface area contributed by atoms with Gasteiger partial charge in [0.1, 0.15) is 0 Å². The average Bonchev–Trinajstić information content (AvgIpc) is 2.93. The minimum Gasteiger partial charge on any atom is -0.316 e. The molecule has 0 aliphatic carbocycles. The minimum atomic E-state index is 0.837. The van der Waals surface area contributed by atoms with Crippen LogP contribution in [0, 0.1) is 11.8 Å². The largest absolute Gasteiger partial charge is 0.316 e. The molecule has 3 saturated heterocycles. The monoisotopic (exact) mass is 265 g/mol. The van der Waals surface area contributed by atoms with Gasteiger partial charge in [-0.15, -0.1) is 0 Å². The fourth-order valence-electron chi connectivity index (χ4n) is 4.34. The lowest BCUT2D eigenvalue weighted by atomic mass is 9.89. The summed E-state index contributed by atoms with van der Waals surface area (Å²) in [5.74, 6) is 1.82. The van der Waals surface area contributed by atoms with Crippen molar-refractivity contribution in [3.05, 3.63) is 0 Å². The molecule has 2 unspecified atom stereocenters. The van der Waals surface area contributed by atoms with Gasteiger partial charge in [0.25, 0.3) is 0 Å². The van der Waals surface area contributed by atoms with E-state index in [1.165, 1.54) is 77.9 Å². The Morgan fingerprint density at radius 3 is 2.42 bits per heavy atom. The van der Waals surface area contributed by atoms with Gasteiger partial charge in [0.2, 0.25) is 0 Å². The van der Waals surface area contributed by atoms with E-state index in [2.05, 4.69) is 22.0 Å². The first-order valence-corrected chi connectivity index (χ1v) is 8.50. The Labute approximate surface area is 118 Å². The van der Waals surface area contributed by atoms with Gasteiger partial charge in [-0.3, -0.25) is 0 Å². The van der Waals surface area contributed by atoms with E-state index in [0.717, 1.165) is 17.9 Å². The lowest BCUT2D eigenvalue weighted by molar-refractivity contribution is 0.0723. The first kappa shape index (κ1) is 13.8. The standard InChI is InChI=1S/C16H31N3/c1-14-12-17-7-4-16(14)19-10-5-15(6-11-19)13-18-8-2-3-9-18/h14-17H,2-13H2,1H3. The van der Waals surface area contributed by atoms with E-state index in [0.29, 0.717) is 0 Å². The SMILES string of the molecule is CC1CNCCC1N1CCC(CN2CCCC2)CC1. The van der Waals surface area contributed by atoms with Crippen LogP contribution in [-0.4, -0.2) is 61.7 Å². The topological polar surface area (TPSA) is 18.5 Å². The van der Waals surface area contributed by atoms with Gasteiger partial charge in [-0.25, -0.2) is 0 Å². The zero-order chi connectivity index (χ0) is 13.1. The highest BCUT2D eigenvalue weighted by Gasteiger charge is 2.30. The van der Waals surface area contributed by atoms with Crippen molar-refractivity contribution < 1.29 is 0 Å². The van der Waals surface area contributed by atoms with Crippen LogP contribution in [-0.2, 0) is 0 Å². The van der Waals surface area contributed by atoms with Crippen LogP contribution in [0.5, 0.6) is 0 Å². The highest BCUT2D eigenvalue weighted by molar-refractivity contribution is 4.86. The lowest BCUT2D eigenvalue weighted by Crippen LogP contribution is -2.51. The van der Waals surface area contributed by atoms with E-state index in [9.17, 15) is 0 Å². The molecule has 0 bridgehead atoms. The van der Waals surface area contributed by atoms with Gasteiger partial charge in [-0.2, -0.15) is 0 Å². The van der Waals surface area contributed by atoms with Crippen LogP contribution in [0.3, 0.4) is 0 Å². The summed E-state index contributed by atoms with van der Waals surface area (Å²) in [4.78, 5) is 5.50. The number of hydrogen-bond donors (Lipinski definition) is 1. The zero-order valence-corrected chi connectivity index (χ0v) is 12.6. The van der Waals surface area contributed by atoms with Gasteiger partial charge in [0.05, 0.1) is 0 Å². The van der Waals surface area contributed by atoms with E-state index in [-0.39, 0.29) is 0 Å². The Bertz CT molecular complexity index is 267. The number of nitrogens with one attached hydrogen (secondary N) is 1. The maximum atomic E-state index is 3.53. The van der Waals surface area contributed by atoms with Crippen molar-refractivity contribution >= 4 is 0 Å². The van der Waals surface area contributed by atoms with Crippen LogP contribution < -0.4 is 5.32 Å². The van der Waals surface area contributed by atoms with Gasteiger partial charge in [0, 0.05) is 12.6 Å². The molecule has 1 N–H and O–H groups in total. The molecule has 19 heavy (non-hydrogen) atoms. The molecule has 3 fully saturated rings. The van der Waals surface area contributed by atoms with Crippen LogP contribution >= 0.6 is 0 Å². The predicted octanol–water partition coefficient (Wildman–Crippen LogP) is 1.79. The average molecular weight is 265 g/mol. The van der Waals surface area contributed by atoms with E-state index in [1.54, 1.807) is 0 Å². The number of hydrogen-bond acceptors (Lipinski definition) is 3. The van der Waals surface area contributed by atoms with E-state index in [4.69, 9.17) is 0 Å². The highest BCUT2D eigenvalue weighted by Crippen LogP contribution is 2.26. The maximum Gasteiger partial charge on any atom is 0.0145 e. The molecule has 0 radical (unpaired) electrons. The molecular weight excluding hydrogens is 234 g/mol. The predicted molar refractivity (Wildman–Crippen MR) is 80.4 cm³/mol. The van der Waals surface area contributed by atoms with Gasteiger partial charge >= 0.3 is 0 Å². The van der Waals surface area contributed by atoms with Crippen molar-refractivity contribution in [3.8, 4) is 0 Å². The molecule has 0 aromatic rings. The third-order valence-electron chi connectivity index (χ3n) is 5.57. The second-order valence-corrected chi connectivity index (χ2v) is 7.02. The normalized spacial score (nSPS) is 35.8. The zero-order valence-electron chi connectivity index (χ0n) is 12.6. The van der Waals surface area contributed by atoms with Gasteiger partial charge in [0.15, 0.2) is 0 Å². The van der Waals surface area contributed by atoms with Crippen LogP contribution in [0.4, 0.5) is 0 Å². The van der Waals surface area contributed by atoms with Gasteiger partial charge in [-0.05, 0) is 83.2 Å². The molecule has 3 aliphatic rings. The Balaban J connectivity index is 1.43. The fourth-order valence-corrected chi connectivity index (χ4v) is 4.34. The molecule has 3 heterocycles. The van der Waals surface area contributed by atoms with Crippen LogP contribution in [0.1, 0.15) is 39.0 Å². The van der Waals surface area contributed by atoms with E-state index >= 15 is 0 Å². The summed E-state index contributed by atoms with van der Waals surface area (Å²) >= 11 is 0. The Morgan fingerprint density at radius 2 is 1.74 bits per heavy atom. The highest BCUT2D eigenvalue weighted by atomic mass is 15.2. The Morgan fingerprint density at radius 1 is 1.00 bits per heavy atom. The fraction of sp³-hybridized carbons (Fsp3) is 1.00. The second-order valence-electron chi connectivity index (χ2n) is 7.02. The summed E-state index contributed by atoms with van der Waals surface area (Å²) in [6, 6.07) is 0.856. The second kappa shape index (κ2) is 6.55. The summed E-state index contributed by atoms with van der Waals surface area (Å²) in [5, 5.41) is 3.53. The molecule has 0 spiro atoms. The Kier molecular flexibility index (Phi) is 4.78. The first-order chi connectivity index (χ1) is 9.33. The third-order valence-corrected chi connectivity index (χ3v) is 5.57. The number of likely N-dealkylation sites (tertiary alicyclic amines) is 2. The van der Waals surface area contributed by atoms with Crippen molar-refractivity contribution in [3.63, 3.8) is 0 Å². The summed E-state index contributed by atoms with van der Waals surface area (Å²) < 4.78 is 0. The number of nitrogens with zero attached hydrogens (tertiary/aromatic N) is 2. The van der Waals surface area contributed by atoms with Crippen LogP contribution in [0.2, 0.25) is 0 Å². The molecule has 3 nitrogen and oxygen atoms in total. The summed E-state index contributed by atoms with van der Waals surface area (Å²) in [5.41, 5.74) is 0. The van der Waals surface area contributed by atoms with Crippen molar-refractivity contribution in [2.45, 2.75) is 45.1 Å². The molecule has 0 amide bonds. The quantitative estimate of drug-likeness (QED) is 0.839. The van der Waals surface area contributed by atoms with Crippen molar-refractivity contribution in [2.24, 2.45) is 11.8 Å². The van der Waals surface area contributed by atoms with Gasteiger partial charge < -0.3 is 15.1 Å². The molecule has 0 aromatic carbocycles. The van der Waals surface area contributed by atoms with E-state index in [1.807, 2.05) is 0 Å². The third kappa shape index (κ3) is 3.50. The molecule has 110 valence electrons. The molecule has 2 atom stereocenters. The van der Waals surface area contributed by atoms with E-state index < -0.39 is 0 Å². The molecule has 3 heteroatoms. The smallest absolute Gasteiger partial charge is 0.0145 e. The van der Waals surface area contributed by atoms with Crippen molar-refractivity contribution in [2.75, 3.05) is 45.8 Å². The molecule has 0 saturated carbocycles.